The fourth-order valence-corrected chi connectivity index (χ4v) is 2.95. The first-order valence-electron chi connectivity index (χ1n) is 5.80. The van der Waals surface area contributed by atoms with Crippen LogP contribution in [0.5, 0.6) is 0 Å². The van der Waals surface area contributed by atoms with Crippen LogP contribution in [0.4, 0.5) is 0 Å². The molecule has 2 aromatic heterocycles. The van der Waals surface area contributed by atoms with Crippen molar-refractivity contribution in [1.29, 1.82) is 0 Å². The normalized spacial score (nSPS) is 18.7. The van der Waals surface area contributed by atoms with Gasteiger partial charge in [0.25, 0.3) is 0 Å². The zero-order valence-electron chi connectivity index (χ0n) is 10.2. The largest absolute Gasteiger partial charge is 0.447 e. The lowest BCUT2D eigenvalue weighted by Gasteiger charge is -2.17. The summed E-state index contributed by atoms with van der Waals surface area (Å²) in [5.41, 5.74) is 1.95. The molecule has 19 heavy (non-hydrogen) atoms. The van der Waals surface area contributed by atoms with Gasteiger partial charge in [0, 0.05) is 18.9 Å². The Balaban J connectivity index is 1.93. The average Bonchev–Trinajstić information content (AvgIpc) is 3.07. The molecule has 0 saturated heterocycles. The van der Waals surface area contributed by atoms with Crippen LogP contribution >= 0.6 is 22.9 Å². The Morgan fingerprint density at radius 3 is 2.95 bits per heavy atom. The van der Waals surface area contributed by atoms with Gasteiger partial charge in [-0.05, 0) is 40.6 Å². The first-order valence-corrected chi connectivity index (χ1v) is 7.12. The Morgan fingerprint density at radius 2 is 2.37 bits per heavy atom. The van der Waals surface area contributed by atoms with E-state index in [9.17, 15) is 4.79 Å². The second-order valence-electron chi connectivity index (χ2n) is 4.28. The summed E-state index contributed by atoms with van der Waals surface area (Å²) in [5, 5.41) is 10.2. The number of thiophene rings is 1. The van der Waals surface area contributed by atoms with Crippen LogP contribution in [0.15, 0.2) is 38.5 Å². The van der Waals surface area contributed by atoms with Gasteiger partial charge in [-0.3, -0.25) is 4.79 Å². The Bertz CT molecular complexity index is 633. The van der Waals surface area contributed by atoms with Gasteiger partial charge in [0.1, 0.15) is 11.8 Å². The Kier molecular flexibility index (Phi) is 3.16. The quantitative estimate of drug-likeness (QED) is 0.848. The van der Waals surface area contributed by atoms with Gasteiger partial charge in [0.15, 0.2) is 5.22 Å². The first-order chi connectivity index (χ1) is 9.15. The number of carbonyl (C=O) groups is 1. The summed E-state index contributed by atoms with van der Waals surface area (Å²) in [6.07, 6.45) is 0.639. The number of hydrogen-bond donors (Lipinski definition) is 0. The Hall–Kier alpha value is -1.59. The van der Waals surface area contributed by atoms with Crippen LogP contribution in [0.1, 0.15) is 30.7 Å². The fraction of sp³-hybridized carbons (Fsp3) is 0.231. The monoisotopic (exact) mass is 294 g/mol. The lowest BCUT2D eigenvalue weighted by molar-refractivity contribution is -0.130. The summed E-state index contributed by atoms with van der Waals surface area (Å²) in [7, 11) is 0. The van der Waals surface area contributed by atoms with Gasteiger partial charge in [-0.2, -0.15) is 16.4 Å². The van der Waals surface area contributed by atoms with Gasteiger partial charge in [-0.25, -0.2) is 5.01 Å². The molecule has 1 aliphatic rings. The van der Waals surface area contributed by atoms with E-state index in [0.717, 1.165) is 11.3 Å². The SMILES string of the molecule is CC(=O)N1N=C(c2ccsc2)C[C@@H]1c1ccc(Cl)o1. The molecule has 0 aromatic carbocycles. The topological polar surface area (TPSA) is 45.8 Å². The van der Waals surface area contributed by atoms with Gasteiger partial charge in [0.05, 0.1) is 5.71 Å². The van der Waals surface area contributed by atoms with Crippen molar-refractivity contribution in [2.45, 2.75) is 19.4 Å². The number of carbonyl (C=O) groups excluding carboxylic acids is 1. The maximum atomic E-state index is 11.7. The molecule has 1 aliphatic heterocycles. The van der Waals surface area contributed by atoms with E-state index in [0.29, 0.717) is 17.4 Å². The van der Waals surface area contributed by atoms with Gasteiger partial charge in [-0.15, -0.1) is 0 Å². The lowest BCUT2D eigenvalue weighted by Crippen LogP contribution is -2.23. The Morgan fingerprint density at radius 1 is 1.53 bits per heavy atom. The van der Waals surface area contributed by atoms with E-state index < -0.39 is 0 Å². The molecule has 1 atom stereocenters. The number of halogens is 1. The predicted octanol–water partition coefficient (Wildman–Crippen LogP) is 3.69. The standard InChI is InChI=1S/C13H11ClN2O2S/c1-8(17)16-11(12-2-3-13(14)18-12)6-10(15-16)9-4-5-19-7-9/h2-5,7,11H,6H2,1H3/t11-/m1/s1. The van der Waals surface area contributed by atoms with E-state index in [1.54, 1.807) is 23.5 Å². The molecule has 2 aromatic rings. The maximum absolute atomic E-state index is 11.7. The maximum Gasteiger partial charge on any atom is 0.240 e. The van der Waals surface area contributed by atoms with Crippen molar-refractivity contribution >= 4 is 34.6 Å². The molecule has 0 bridgehead atoms. The molecule has 0 saturated carbocycles. The van der Waals surface area contributed by atoms with Crippen molar-refractivity contribution in [2.75, 3.05) is 0 Å². The molecule has 3 heterocycles. The van der Waals surface area contributed by atoms with E-state index >= 15 is 0 Å². The van der Waals surface area contributed by atoms with Crippen molar-refractivity contribution < 1.29 is 9.21 Å². The van der Waals surface area contributed by atoms with Crippen LogP contribution in [-0.2, 0) is 4.79 Å². The number of hydrogen-bond acceptors (Lipinski definition) is 4. The van der Waals surface area contributed by atoms with E-state index in [4.69, 9.17) is 16.0 Å². The van der Waals surface area contributed by atoms with E-state index in [1.165, 1.54) is 11.9 Å². The van der Waals surface area contributed by atoms with Crippen molar-refractivity contribution in [2.24, 2.45) is 5.10 Å². The summed E-state index contributed by atoms with van der Waals surface area (Å²) >= 11 is 7.40. The molecule has 6 heteroatoms. The molecule has 0 fully saturated rings. The minimum absolute atomic E-state index is 0.109. The molecule has 0 unspecified atom stereocenters. The van der Waals surface area contributed by atoms with Gasteiger partial charge in [-0.1, -0.05) is 0 Å². The van der Waals surface area contributed by atoms with Crippen LogP contribution in [0.25, 0.3) is 0 Å². The highest BCUT2D eigenvalue weighted by Gasteiger charge is 2.33. The zero-order valence-corrected chi connectivity index (χ0v) is 11.7. The molecule has 0 radical (unpaired) electrons. The number of furan rings is 1. The van der Waals surface area contributed by atoms with Gasteiger partial charge >= 0.3 is 0 Å². The molecule has 0 aliphatic carbocycles. The number of rotatable bonds is 2. The molecular weight excluding hydrogens is 284 g/mol. The number of nitrogens with zero attached hydrogens (tertiary/aromatic N) is 2. The van der Waals surface area contributed by atoms with Gasteiger partial charge in [0.2, 0.25) is 5.91 Å². The summed E-state index contributed by atoms with van der Waals surface area (Å²) in [6, 6.07) is 5.26. The zero-order chi connectivity index (χ0) is 13.4. The molecule has 4 nitrogen and oxygen atoms in total. The van der Waals surface area contributed by atoms with Crippen LogP contribution in [0.2, 0.25) is 5.22 Å². The minimum Gasteiger partial charge on any atom is -0.447 e. The molecule has 1 amide bonds. The third-order valence-corrected chi connectivity index (χ3v) is 3.90. The highest BCUT2D eigenvalue weighted by Crippen LogP contribution is 2.34. The minimum atomic E-state index is -0.208. The predicted molar refractivity (Wildman–Crippen MR) is 74.5 cm³/mol. The van der Waals surface area contributed by atoms with Crippen molar-refractivity contribution in [1.82, 2.24) is 5.01 Å². The Labute approximate surface area is 119 Å². The molecule has 0 spiro atoms. The highest BCUT2D eigenvalue weighted by molar-refractivity contribution is 7.08. The smallest absolute Gasteiger partial charge is 0.240 e. The van der Waals surface area contributed by atoms with E-state index in [-0.39, 0.29) is 11.9 Å². The summed E-state index contributed by atoms with van der Waals surface area (Å²) < 4.78 is 5.41. The van der Waals surface area contributed by atoms with E-state index in [2.05, 4.69) is 5.10 Å². The molecule has 3 rings (SSSR count). The average molecular weight is 295 g/mol. The highest BCUT2D eigenvalue weighted by atomic mass is 35.5. The van der Waals surface area contributed by atoms with Gasteiger partial charge < -0.3 is 4.42 Å². The molecular formula is C13H11ClN2O2S. The van der Waals surface area contributed by atoms with Crippen molar-refractivity contribution in [3.8, 4) is 0 Å². The third-order valence-electron chi connectivity index (χ3n) is 3.01. The summed E-state index contributed by atoms with van der Waals surface area (Å²) in [5.74, 6) is 0.553. The number of hydrazone groups is 1. The summed E-state index contributed by atoms with van der Waals surface area (Å²) in [6.45, 7) is 1.50. The van der Waals surface area contributed by atoms with Crippen LogP contribution < -0.4 is 0 Å². The van der Waals surface area contributed by atoms with Crippen LogP contribution in [0, 0.1) is 0 Å². The van der Waals surface area contributed by atoms with Crippen LogP contribution in [-0.4, -0.2) is 16.6 Å². The summed E-state index contributed by atoms with van der Waals surface area (Å²) in [4.78, 5) is 11.7. The second kappa shape index (κ2) is 4.83. The lowest BCUT2D eigenvalue weighted by atomic mass is 10.1. The third kappa shape index (κ3) is 2.31. The number of amides is 1. The fourth-order valence-electron chi connectivity index (χ4n) is 2.13. The molecule has 0 N–H and O–H groups in total. The van der Waals surface area contributed by atoms with E-state index in [1.807, 2.05) is 16.8 Å². The molecule has 98 valence electrons. The van der Waals surface area contributed by atoms with Crippen LogP contribution in [0.3, 0.4) is 0 Å². The van der Waals surface area contributed by atoms with Crippen molar-refractivity contribution in [3.05, 3.63) is 45.5 Å². The second-order valence-corrected chi connectivity index (χ2v) is 5.44. The van der Waals surface area contributed by atoms with Crippen molar-refractivity contribution in [3.63, 3.8) is 0 Å². The first kappa shape index (κ1) is 12.4.